The summed E-state index contributed by atoms with van der Waals surface area (Å²) in [6.07, 6.45) is 9.81. The van der Waals surface area contributed by atoms with E-state index < -0.39 is 0 Å². The van der Waals surface area contributed by atoms with Gasteiger partial charge in [-0.05, 0) is 18.8 Å². The summed E-state index contributed by atoms with van der Waals surface area (Å²) < 4.78 is 0. The van der Waals surface area contributed by atoms with Gasteiger partial charge in [-0.3, -0.25) is 0 Å². The quantitative estimate of drug-likeness (QED) is 0.335. The summed E-state index contributed by atoms with van der Waals surface area (Å²) in [5, 5.41) is 0. The molecule has 1 heteroatoms. The third kappa shape index (κ3) is 11.2. The maximum atomic E-state index is 10.1. The Morgan fingerprint density at radius 2 is 2.00 bits per heavy atom. The van der Waals surface area contributed by atoms with E-state index in [0.29, 0.717) is 12.3 Å². The fourth-order valence-corrected chi connectivity index (χ4v) is 1.43. The molecular weight excluding hydrogens is 184 g/mol. The molecule has 0 heterocycles. The van der Waals surface area contributed by atoms with Crippen molar-refractivity contribution < 1.29 is 4.79 Å². The molecule has 0 fully saturated rings. The summed E-state index contributed by atoms with van der Waals surface area (Å²) >= 11 is 0. The van der Waals surface area contributed by atoms with Crippen LogP contribution in [0.25, 0.3) is 0 Å². The van der Waals surface area contributed by atoms with Crippen molar-refractivity contribution in [1.82, 2.24) is 0 Å². The predicted molar refractivity (Wildman–Crippen MR) is 65.6 cm³/mol. The first kappa shape index (κ1) is 14.2. The van der Waals surface area contributed by atoms with Crippen molar-refractivity contribution in [3.05, 3.63) is 0 Å². The van der Waals surface area contributed by atoms with Gasteiger partial charge in [-0.2, -0.15) is 0 Å². The van der Waals surface area contributed by atoms with E-state index in [-0.39, 0.29) is 0 Å². The number of aldehydes is 1. The Hall–Kier alpha value is -0.770. The van der Waals surface area contributed by atoms with Gasteiger partial charge in [0.15, 0.2) is 0 Å². The van der Waals surface area contributed by atoms with Crippen LogP contribution >= 0.6 is 0 Å². The number of rotatable bonds is 8. The second kappa shape index (κ2) is 11.3. The van der Waals surface area contributed by atoms with Gasteiger partial charge in [-0.15, -0.1) is 11.8 Å². The lowest BCUT2D eigenvalue weighted by molar-refractivity contribution is -0.108. The standard InChI is InChI=1S/C14H24O/c1-3-4-5-6-7-8-9-11-14(2)12-10-13-15/h13-14H,3-7,10-12H2,1-2H3. The van der Waals surface area contributed by atoms with Gasteiger partial charge in [0.1, 0.15) is 6.29 Å². The fourth-order valence-electron chi connectivity index (χ4n) is 1.43. The molecule has 0 spiro atoms. The Morgan fingerprint density at radius 1 is 1.20 bits per heavy atom. The second-order valence-electron chi connectivity index (χ2n) is 4.22. The van der Waals surface area contributed by atoms with Crippen molar-refractivity contribution in [2.75, 3.05) is 0 Å². The summed E-state index contributed by atoms with van der Waals surface area (Å²) in [6, 6.07) is 0. The van der Waals surface area contributed by atoms with Crippen molar-refractivity contribution in [2.45, 2.75) is 65.2 Å². The minimum Gasteiger partial charge on any atom is -0.303 e. The van der Waals surface area contributed by atoms with E-state index in [9.17, 15) is 4.79 Å². The Morgan fingerprint density at radius 3 is 2.67 bits per heavy atom. The van der Waals surface area contributed by atoms with E-state index in [4.69, 9.17) is 0 Å². The van der Waals surface area contributed by atoms with E-state index >= 15 is 0 Å². The lowest BCUT2D eigenvalue weighted by Gasteiger charge is -2.02. The maximum Gasteiger partial charge on any atom is 0.120 e. The molecule has 0 saturated carbocycles. The highest BCUT2D eigenvalue weighted by atomic mass is 16.1. The van der Waals surface area contributed by atoms with Crippen LogP contribution < -0.4 is 0 Å². The monoisotopic (exact) mass is 208 g/mol. The van der Waals surface area contributed by atoms with Gasteiger partial charge in [-0.25, -0.2) is 0 Å². The minimum absolute atomic E-state index is 0.568. The Kier molecular flexibility index (Phi) is 10.7. The van der Waals surface area contributed by atoms with Crippen LogP contribution in [-0.4, -0.2) is 6.29 Å². The molecule has 86 valence electrons. The number of hydrogen-bond acceptors (Lipinski definition) is 1. The lowest BCUT2D eigenvalue weighted by atomic mass is 10.0. The predicted octanol–water partition coefficient (Wildman–Crippen LogP) is 3.97. The van der Waals surface area contributed by atoms with Crippen LogP contribution in [0.5, 0.6) is 0 Å². The first-order chi connectivity index (χ1) is 7.31. The third-order valence-corrected chi connectivity index (χ3v) is 2.51. The number of carbonyl (C=O) groups is 1. The molecule has 0 aliphatic rings. The molecular formula is C14H24O. The SMILES string of the molecule is CCCCCCC#CCC(C)CCC=O. The van der Waals surface area contributed by atoms with Crippen LogP contribution in [0.1, 0.15) is 65.2 Å². The van der Waals surface area contributed by atoms with E-state index in [0.717, 1.165) is 25.5 Å². The Labute approximate surface area is 94.6 Å². The molecule has 0 rings (SSSR count). The highest BCUT2D eigenvalue weighted by Crippen LogP contribution is 2.08. The van der Waals surface area contributed by atoms with Gasteiger partial charge in [0.2, 0.25) is 0 Å². The highest BCUT2D eigenvalue weighted by Gasteiger charge is 1.97. The van der Waals surface area contributed by atoms with Crippen LogP contribution in [0.4, 0.5) is 0 Å². The smallest absolute Gasteiger partial charge is 0.120 e. The zero-order valence-electron chi connectivity index (χ0n) is 10.2. The molecule has 0 aromatic rings. The number of hydrogen-bond donors (Lipinski definition) is 0. The zero-order valence-corrected chi connectivity index (χ0v) is 10.2. The summed E-state index contributed by atoms with van der Waals surface area (Å²) in [5.74, 6) is 6.99. The third-order valence-electron chi connectivity index (χ3n) is 2.51. The molecule has 0 aromatic carbocycles. The van der Waals surface area contributed by atoms with E-state index in [2.05, 4.69) is 25.7 Å². The van der Waals surface area contributed by atoms with Gasteiger partial charge in [0.25, 0.3) is 0 Å². The highest BCUT2D eigenvalue weighted by molar-refractivity contribution is 5.49. The van der Waals surface area contributed by atoms with Crippen molar-refractivity contribution >= 4 is 6.29 Å². The molecule has 0 aromatic heterocycles. The van der Waals surface area contributed by atoms with Crippen molar-refractivity contribution in [1.29, 1.82) is 0 Å². The van der Waals surface area contributed by atoms with E-state index in [1.165, 1.54) is 25.7 Å². The maximum absolute atomic E-state index is 10.1. The second-order valence-corrected chi connectivity index (χ2v) is 4.22. The molecule has 0 aliphatic carbocycles. The van der Waals surface area contributed by atoms with Gasteiger partial charge in [0, 0.05) is 19.3 Å². The van der Waals surface area contributed by atoms with Crippen LogP contribution in [0.15, 0.2) is 0 Å². The van der Waals surface area contributed by atoms with E-state index in [1.54, 1.807) is 0 Å². The number of unbranched alkanes of at least 4 members (excludes halogenated alkanes) is 4. The normalized spacial score (nSPS) is 11.6. The fraction of sp³-hybridized carbons (Fsp3) is 0.786. The molecule has 0 amide bonds. The molecule has 0 radical (unpaired) electrons. The van der Waals surface area contributed by atoms with Crippen LogP contribution in [-0.2, 0) is 4.79 Å². The minimum atomic E-state index is 0.568. The summed E-state index contributed by atoms with van der Waals surface area (Å²) in [7, 11) is 0. The molecule has 1 nitrogen and oxygen atoms in total. The zero-order chi connectivity index (χ0) is 11.4. The largest absolute Gasteiger partial charge is 0.303 e. The van der Waals surface area contributed by atoms with Crippen LogP contribution in [0.2, 0.25) is 0 Å². The number of carbonyl (C=O) groups excluding carboxylic acids is 1. The van der Waals surface area contributed by atoms with Gasteiger partial charge in [-0.1, -0.05) is 33.1 Å². The molecule has 0 bridgehead atoms. The molecule has 1 atom stereocenters. The van der Waals surface area contributed by atoms with Gasteiger partial charge >= 0.3 is 0 Å². The molecule has 0 aliphatic heterocycles. The van der Waals surface area contributed by atoms with Crippen LogP contribution in [0, 0.1) is 17.8 Å². The summed E-state index contributed by atoms with van der Waals surface area (Å²) in [4.78, 5) is 10.1. The Balaban J connectivity index is 3.32. The molecule has 15 heavy (non-hydrogen) atoms. The topological polar surface area (TPSA) is 17.1 Å². The summed E-state index contributed by atoms with van der Waals surface area (Å²) in [6.45, 7) is 4.38. The first-order valence-electron chi connectivity index (χ1n) is 6.20. The van der Waals surface area contributed by atoms with Gasteiger partial charge < -0.3 is 4.79 Å². The average molecular weight is 208 g/mol. The van der Waals surface area contributed by atoms with Crippen LogP contribution in [0.3, 0.4) is 0 Å². The first-order valence-corrected chi connectivity index (χ1v) is 6.20. The van der Waals surface area contributed by atoms with Crippen molar-refractivity contribution in [3.63, 3.8) is 0 Å². The van der Waals surface area contributed by atoms with Crippen molar-refractivity contribution in [3.8, 4) is 11.8 Å². The van der Waals surface area contributed by atoms with Gasteiger partial charge in [0.05, 0.1) is 0 Å². The van der Waals surface area contributed by atoms with Crippen molar-refractivity contribution in [2.24, 2.45) is 5.92 Å². The Bertz CT molecular complexity index is 197. The molecule has 0 N–H and O–H groups in total. The molecule has 1 unspecified atom stereocenters. The summed E-state index contributed by atoms with van der Waals surface area (Å²) in [5.41, 5.74) is 0. The average Bonchev–Trinajstić information content (AvgIpc) is 2.25. The lowest BCUT2D eigenvalue weighted by Crippen LogP contribution is -1.92. The van der Waals surface area contributed by atoms with E-state index in [1.807, 2.05) is 0 Å². The molecule has 0 saturated heterocycles.